The molecule has 1 amide bonds. The summed E-state index contributed by atoms with van der Waals surface area (Å²) < 4.78 is 24.9. The lowest BCUT2D eigenvalue weighted by atomic mass is 10.0. The first-order valence-corrected chi connectivity index (χ1v) is 8.65. The molecule has 0 radical (unpaired) electrons. The largest absolute Gasteiger partial charge is 0.336 e. The fourth-order valence-corrected chi connectivity index (χ4v) is 3.05. The van der Waals surface area contributed by atoms with Gasteiger partial charge in [0.15, 0.2) is 0 Å². The average molecular weight is 296 g/mol. The van der Waals surface area contributed by atoms with E-state index in [0.717, 1.165) is 32.1 Å². The van der Waals surface area contributed by atoms with Crippen LogP contribution in [0.4, 0.5) is 5.69 Å². The smallest absolute Gasteiger partial charge is 0.254 e. The first-order chi connectivity index (χ1) is 9.37. The summed E-state index contributed by atoms with van der Waals surface area (Å²) in [5.74, 6) is -0.0330. The standard InChI is InChI=1S/C14H20N2O3S/c1-11-6-3-4-9-16(11)14(17)12-7-5-8-13(10-12)15-20(2,18)19/h5,7-8,10-11,15H,3-4,6,9H2,1-2H3. The molecule has 0 spiro atoms. The molecule has 1 heterocycles. The van der Waals surface area contributed by atoms with Crippen molar-refractivity contribution >= 4 is 21.6 Å². The molecule has 0 bridgehead atoms. The lowest BCUT2D eigenvalue weighted by molar-refractivity contribution is 0.0635. The van der Waals surface area contributed by atoms with Crippen LogP contribution in [0.25, 0.3) is 0 Å². The summed E-state index contributed by atoms with van der Waals surface area (Å²) in [6.07, 6.45) is 4.29. The van der Waals surface area contributed by atoms with E-state index in [1.165, 1.54) is 0 Å². The summed E-state index contributed by atoms with van der Waals surface area (Å²) in [4.78, 5) is 14.3. The second kappa shape index (κ2) is 5.83. The fourth-order valence-electron chi connectivity index (χ4n) is 2.50. The number of benzene rings is 1. The molecular weight excluding hydrogens is 276 g/mol. The molecule has 1 aliphatic rings. The topological polar surface area (TPSA) is 66.5 Å². The number of likely N-dealkylation sites (tertiary alicyclic amines) is 1. The van der Waals surface area contributed by atoms with E-state index >= 15 is 0 Å². The Morgan fingerprint density at radius 1 is 1.35 bits per heavy atom. The van der Waals surface area contributed by atoms with Gasteiger partial charge in [-0.25, -0.2) is 8.42 Å². The number of hydrogen-bond acceptors (Lipinski definition) is 3. The SMILES string of the molecule is CC1CCCCN1C(=O)c1cccc(NS(C)(=O)=O)c1. The second-order valence-electron chi connectivity index (χ2n) is 5.30. The number of carbonyl (C=O) groups excluding carboxylic acids is 1. The Bertz CT molecular complexity index is 598. The van der Waals surface area contributed by atoms with Crippen molar-refractivity contribution in [1.29, 1.82) is 0 Å². The highest BCUT2D eigenvalue weighted by molar-refractivity contribution is 7.92. The molecular formula is C14H20N2O3S. The van der Waals surface area contributed by atoms with E-state index in [1.54, 1.807) is 24.3 Å². The number of carbonyl (C=O) groups is 1. The van der Waals surface area contributed by atoms with Gasteiger partial charge in [0.2, 0.25) is 10.0 Å². The molecule has 1 fully saturated rings. The van der Waals surface area contributed by atoms with Crippen LogP contribution in [-0.2, 0) is 10.0 Å². The van der Waals surface area contributed by atoms with Crippen molar-refractivity contribution in [2.45, 2.75) is 32.2 Å². The van der Waals surface area contributed by atoms with Gasteiger partial charge in [0, 0.05) is 23.8 Å². The quantitative estimate of drug-likeness (QED) is 0.928. The third-order valence-electron chi connectivity index (χ3n) is 3.48. The van der Waals surface area contributed by atoms with Crippen LogP contribution >= 0.6 is 0 Å². The van der Waals surface area contributed by atoms with E-state index in [9.17, 15) is 13.2 Å². The summed E-state index contributed by atoms with van der Waals surface area (Å²) in [6.45, 7) is 2.82. The number of hydrogen-bond donors (Lipinski definition) is 1. The summed E-state index contributed by atoms with van der Waals surface area (Å²) >= 11 is 0. The van der Waals surface area contributed by atoms with Gasteiger partial charge in [-0.2, -0.15) is 0 Å². The maximum absolute atomic E-state index is 12.5. The zero-order chi connectivity index (χ0) is 14.8. The van der Waals surface area contributed by atoms with Crippen molar-refractivity contribution in [2.24, 2.45) is 0 Å². The van der Waals surface area contributed by atoms with Gasteiger partial charge in [-0.15, -0.1) is 0 Å². The molecule has 110 valence electrons. The van der Waals surface area contributed by atoms with Crippen molar-refractivity contribution in [2.75, 3.05) is 17.5 Å². The first-order valence-electron chi connectivity index (χ1n) is 6.75. The number of nitrogens with one attached hydrogen (secondary N) is 1. The lowest BCUT2D eigenvalue weighted by Gasteiger charge is -2.33. The summed E-state index contributed by atoms with van der Waals surface area (Å²) in [5.41, 5.74) is 0.940. The van der Waals surface area contributed by atoms with Crippen LogP contribution in [0.5, 0.6) is 0 Å². The maximum Gasteiger partial charge on any atom is 0.254 e. The van der Waals surface area contributed by atoms with Crippen LogP contribution in [0.3, 0.4) is 0 Å². The molecule has 2 rings (SSSR count). The first kappa shape index (κ1) is 14.8. The minimum atomic E-state index is -3.33. The number of amides is 1. The predicted molar refractivity (Wildman–Crippen MR) is 79.3 cm³/mol. The molecule has 20 heavy (non-hydrogen) atoms. The highest BCUT2D eigenvalue weighted by Gasteiger charge is 2.24. The molecule has 1 N–H and O–H groups in total. The van der Waals surface area contributed by atoms with Gasteiger partial charge >= 0.3 is 0 Å². The number of rotatable bonds is 3. The molecule has 5 nitrogen and oxygen atoms in total. The Morgan fingerprint density at radius 3 is 2.75 bits per heavy atom. The van der Waals surface area contributed by atoms with E-state index in [2.05, 4.69) is 11.6 Å². The minimum Gasteiger partial charge on any atom is -0.336 e. The number of sulfonamides is 1. The predicted octanol–water partition coefficient (Wildman–Crippen LogP) is 2.07. The molecule has 1 saturated heterocycles. The Labute approximate surface area is 120 Å². The average Bonchev–Trinajstić information content (AvgIpc) is 2.37. The number of nitrogens with zero attached hydrogens (tertiary/aromatic N) is 1. The van der Waals surface area contributed by atoms with Crippen molar-refractivity contribution in [3.05, 3.63) is 29.8 Å². The van der Waals surface area contributed by atoms with Crippen molar-refractivity contribution in [1.82, 2.24) is 4.90 Å². The molecule has 1 atom stereocenters. The summed E-state index contributed by atoms with van der Waals surface area (Å²) in [5, 5.41) is 0. The Kier molecular flexibility index (Phi) is 4.32. The molecule has 1 unspecified atom stereocenters. The van der Waals surface area contributed by atoms with E-state index in [1.807, 2.05) is 4.90 Å². The highest BCUT2D eigenvalue weighted by Crippen LogP contribution is 2.20. The molecule has 0 aliphatic carbocycles. The molecule has 1 aromatic rings. The van der Waals surface area contributed by atoms with Crippen LogP contribution < -0.4 is 4.72 Å². The van der Waals surface area contributed by atoms with E-state index in [-0.39, 0.29) is 11.9 Å². The Hall–Kier alpha value is -1.56. The van der Waals surface area contributed by atoms with E-state index in [0.29, 0.717) is 11.3 Å². The lowest BCUT2D eigenvalue weighted by Crippen LogP contribution is -2.42. The Morgan fingerprint density at radius 2 is 2.10 bits per heavy atom. The van der Waals surface area contributed by atoms with Gasteiger partial charge in [-0.3, -0.25) is 9.52 Å². The zero-order valence-corrected chi connectivity index (χ0v) is 12.6. The molecule has 1 aliphatic heterocycles. The van der Waals surface area contributed by atoms with Crippen molar-refractivity contribution < 1.29 is 13.2 Å². The number of anilines is 1. The molecule has 6 heteroatoms. The summed E-state index contributed by atoms with van der Waals surface area (Å²) in [7, 11) is -3.33. The Balaban J connectivity index is 2.20. The van der Waals surface area contributed by atoms with Gasteiger partial charge in [0.05, 0.1) is 6.26 Å². The van der Waals surface area contributed by atoms with Gasteiger partial charge in [-0.05, 0) is 44.4 Å². The van der Waals surface area contributed by atoms with Gasteiger partial charge in [-0.1, -0.05) is 6.07 Å². The normalized spacial score (nSPS) is 19.7. The van der Waals surface area contributed by atoms with Crippen LogP contribution in [0.1, 0.15) is 36.5 Å². The van der Waals surface area contributed by atoms with Crippen LogP contribution in [0.15, 0.2) is 24.3 Å². The maximum atomic E-state index is 12.5. The van der Waals surface area contributed by atoms with Crippen molar-refractivity contribution in [3.63, 3.8) is 0 Å². The molecule has 0 aromatic heterocycles. The number of piperidine rings is 1. The van der Waals surface area contributed by atoms with Crippen LogP contribution in [0.2, 0.25) is 0 Å². The van der Waals surface area contributed by atoms with Crippen LogP contribution in [-0.4, -0.2) is 38.1 Å². The fraction of sp³-hybridized carbons (Fsp3) is 0.500. The van der Waals surface area contributed by atoms with Crippen molar-refractivity contribution in [3.8, 4) is 0 Å². The molecule has 0 saturated carbocycles. The van der Waals surface area contributed by atoms with Gasteiger partial charge < -0.3 is 4.90 Å². The van der Waals surface area contributed by atoms with Crippen LogP contribution in [0, 0.1) is 0 Å². The summed E-state index contributed by atoms with van der Waals surface area (Å²) in [6, 6.07) is 6.87. The second-order valence-corrected chi connectivity index (χ2v) is 7.05. The van der Waals surface area contributed by atoms with E-state index < -0.39 is 10.0 Å². The molecule has 1 aromatic carbocycles. The highest BCUT2D eigenvalue weighted by atomic mass is 32.2. The third kappa shape index (κ3) is 3.72. The zero-order valence-electron chi connectivity index (χ0n) is 11.8. The third-order valence-corrected chi connectivity index (χ3v) is 4.08. The monoisotopic (exact) mass is 296 g/mol. The van der Waals surface area contributed by atoms with E-state index in [4.69, 9.17) is 0 Å². The van der Waals surface area contributed by atoms with Gasteiger partial charge in [0.1, 0.15) is 0 Å². The minimum absolute atomic E-state index is 0.0330. The van der Waals surface area contributed by atoms with Gasteiger partial charge in [0.25, 0.3) is 5.91 Å².